The minimum Gasteiger partial charge on any atom is -0.394 e. The molecule has 0 aliphatic rings. The molecule has 0 spiro atoms. The third-order valence-corrected chi connectivity index (χ3v) is 3.72. The van der Waals surface area contributed by atoms with Gasteiger partial charge >= 0.3 is 0 Å². The first-order valence-electron chi connectivity index (χ1n) is 7.17. The molecule has 0 saturated carbocycles. The van der Waals surface area contributed by atoms with E-state index in [0.717, 1.165) is 11.1 Å². The zero-order valence-electron chi connectivity index (χ0n) is 12.6. The fourth-order valence-electron chi connectivity index (χ4n) is 2.61. The highest BCUT2D eigenvalue weighted by Crippen LogP contribution is 2.25. The maximum absolute atomic E-state index is 9.75. The third kappa shape index (κ3) is 3.91. The van der Waals surface area contributed by atoms with Gasteiger partial charge in [0.05, 0.1) is 24.8 Å². The highest BCUT2D eigenvalue weighted by molar-refractivity contribution is 5.26. The van der Waals surface area contributed by atoms with Crippen LogP contribution in [0, 0.1) is 0 Å². The van der Waals surface area contributed by atoms with Crippen molar-refractivity contribution >= 4 is 0 Å². The molecule has 0 bridgehead atoms. The lowest BCUT2D eigenvalue weighted by molar-refractivity contribution is 0.0983. The molecule has 0 heterocycles. The van der Waals surface area contributed by atoms with E-state index >= 15 is 0 Å². The van der Waals surface area contributed by atoms with Crippen LogP contribution < -0.4 is 5.32 Å². The summed E-state index contributed by atoms with van der Waals surface area (Å²) < 4.78 is 5.40. The summed E-state index contributed by atoms with van der Waals surface area (Å²) in [5, 5.41) is 13.3. The van der Waals surface area contributed by atoms with Gasteiger partial charge in [-0.25, -0.2) is 0 Å². The third-order valence-electron chi connectivity index (χ3n) is 3.72. The summed E-state index contributed by atoms with van der Waals surface area (Å²) in [6.45, 7) is 2.66. The number of methoxy groups -OCH3 is 1. The number of rotatable bonds is 7. The Balaban J connectivity index is 2.26. The normalized spacial score (nSPS) is 15.4. The Morgan fingerprint density at radius 1 is 1.05 bits per heavy atom. The number of hydrogen-bond acceptors (Lipinski definition) is 3. The Hall–Kier alpha value is -1.68. The van der Waals surface area contributed by atoms with Crippen LogP contribution in [0.1, 0.15) is 24.1 Å². The molecule has 0 unspecified atom stereocenters. The van der Waals surface area contributed by atoms with Crippen molar-refractivity contribution in [3.8, 4) is 0 Å². The van der Waals surface area contributed by atoms with E-state index in [0.29, 0.717) is 6.61 Å². The molecule has 21 heavy (non-hydrogen) atoms. The van der Waals surface area contributed by atoms with Gasteiger partial charge in [-0.05, 0) is 18.1 Å². The van der Waals surface area contributed by atoms with Crippen LogP contribution in [0.25, 0.3) is 0 Å². The van der Waals surface area contributed by atoms with Crippen LogP contribution in [0.3, 0.4) is 0 Å². The standard InChI is InChI=1S/C18H23NO2/c1-18(14-21-2,16-11-7-4-8-12-16)19-17(13-20)15-9-5-3-6-10-15/h3-12,17,19-20H,13-14H2,1-2H3/t17-,18-/m1/s1. The summed E-state index contributed by atoms with van der Waals surface area (Å²) in [5.41, 5.74) is 1.85. The zero-order chi connectivity index (χ0) is 15.1. The molecule has 0 amide bonds. The molecule has 2 aromatic carbocycles. The Kier molecular flexibility index (Phi) is 5.51. The van der Waals surface area contributed by atoms with Gasteiger partial charge in [0.15, 0.2) is 0 Å². The molecule has 3 nitrogen and oxygen atoms in total. The lowest BCUT2D eigenvalue weighted by Crippen LogP contribution is -2.46. The molecule has 112 valence electrons. The second-order valence-corrected chi connectivity index (χ2v) is 5.42. The number of aliphatic hydroxyl groups excluding tert-OH is 1. The monoisotopic (exact) mass is 285 g/mol. The van der Waals surface area contributed by atoms with E-state index in [-0.39, 0.29) is 18.2 Å². The highest BCUT2D eigenvalue weighted by atomic mass is 16.5. The topological polar surface area (TPSA) is 41.5 Å². The largest absolute Gasteiger partial charge is 0.394 e. The lowest BCUT2D eigenvalue weighted by Gasteiger charge is -2.35. The van der Waals surface area contributed by atoms with Gasteiger partial charge in [0.25, 0.3) is 0 Å². The van der Waals surface area contributed by atoms with Crippen LogP contribution in [0.2, 0.25) is 0 Å². The average Bonchev–Trinajstić information content (AvgIpc) is 2.54. The second-order valence-electron chi connectivity index (χ2n) is 5.42. The molecule has 0 aromatic heterocycles. The molecule has 0 radical (unpaired) electrons. The van der Waals surface area contributed by atoms with Crippen LogP contribution in [0.5, 0.6) is 0 Å². The minimum absolute atomic E-state index is 0.0378. The number of aliphatic hydroxyl groups is 1. The first kappa shape index (κ1) is 15.7. The van der Waals surface area contributed by atoms with E-state index in [1.807, 2.05) is 48.5 Å². The Morgan fingerprint density at radius 2 is 1.62 bits per heavy atom. The quantitative estimate of drug-likeness (QED) is 0.822. The van der Waals surface area contributed by atoms with E-state index in [2.05, 4.69) is 24.4 Å². The second kappa shape index (κ2) is 7.36. The molecule has 0 aliphatic heterocycles. The van der Waals surface area contributed by atoms with Crippen molar-refractivity contribution < 1.29 is 9.84 Å². The Morgan fingerprint density at radius 3 is 2.14 bits per heavy atom. The summed E-state index contributed by atoms with van der Waals surface area (Å²) in [5.74, 6) is 0. The maximum Gasteiger partial charge on any atom is 0.0683 e. The Labute approximate surface area is 126 Å². The smallest absolute Gasteiger partial charge is 0.0683 e. The molecular weight excluding hydrogens is 262 g/mol. The molecule has 2 aromatic rings. The molecule has 0 aliphatic carbocycles. The molecule has 2 rings (SSSR count). The van der Waals surface area contributed by atoms with Crippen molar-refractivity contribution in [2.24, 2.45) is 0 Å². The summed E-state index contributed by atoms with van der Waals surface area (Å²) in [6, 6.07) is 20.0. The van der Waals surface area contributed by atoms with E-state index in [1.165, 1.54) is 0 Å². The van der Waals surface area contributed by atoms with Gasteiger partial charge in [-0.2, -0.15) is 0 Å². The van der Waals surface area contributed by atoms with E-state index in [1.54, 1.807) is 7.11 Å². The molecule has 3 heteroatoms. The SMILES string of the molecule is COC[C@@](C)(N[C@H](CO)c1ccccc1)c1ccccc1. The van der Waals surface area contributed by atoms with Gasteiger partial charge in [-0.3, -0.25) is 5.32 Å². The number of ether oxygens (including phenoxy) is 1. The van der Waals surface area contributed by atoms with Crippen molar-refractivity contribution in [2.45, 2.75) is 18.5 Å². The number of hydrogen-bond donors (Lipinski definition) is 2. The van der Waals surface area contributed by atoms with Crippen molar-refractivity contribution in [1.82, 2.24) is 5.32 Å². The van der Waals surface area contributed by atoms with Gasteiger partial charge in [-0.15, -0.1) is 0 Å². The average molecular weight is 285 g/mol. The van der Waals surface area contributed by atoms with Crippen molar-refractivity contribution in [3.05, 3.63) is 71.8 Å². The maximum atomic E-state index is 9.75. The van der Waals surface area contributed by atoms with Gasteiger partial charge in [0.2, 0.25) is 0 Å². The molecule has 0 saturated heterocycles. The van der Waals surface area contributed by atoms with Crippen LogP contribution in [0.4, 0.5) is 0 Å². The zero-order valence-corrected chi connectivity index (χ0v) is 12.6. The fraction of sp³-hybridized carbons (Fsp3) is 0.333. The van der Waals surface area contributed by atoms with Crippen LogP contribution in [0.15, 0.2) is 60.7 Å². The fourth-order valence-corrected chi connectivity index (χ4v) is 2.61. The highest BCUT2D eigenvalue weighted by Gasteiger charge is 2.29. The lowest BCUT2D eigenvalue weighted by atomic mass is 9.91. The first-order valence-corrected chi connectivity index (χ1v) is 7.17. The van der Waals surface area contributed by atoms with Crippen LogP contribution in [-0.2, 0) is 10.3 Å². The molecule has 2 atom stereocenters. The van der Waals surface area contributed by atoms with Crippen LogP contribution >= 0.6 is 0 Å². The van der Waals surface area contributed by atoms with Crippen molar-refractivity contribution in [2.75, 3.05) is 20.3 Å². The summed E-state index contributed by atoms with van der Waals surface area (Å²) in [6.07, 6.45) is 0. The Bertz CT molecular complexity index is 529. The summed E-state index contributed by atoms with van der Waals surface area (Å²) in [7, 11) is 1.69. The van der Waals surface area contributed by atoms with Gasteiger partial charge in [0.1, 0.15) is 0 Å². The van der Waals surface area contributed by atoms with Crippen LogP contribution in [-0.4, -0.2) is 25.4 Å². The van der Waals surface area contributed by atoms with Gasteiger partial charge < -0.3 is 9.84 Å². The molecule has 0 fully saturated rings. The first-order chi connectivity index (χ1) is 10.2. The van der Waals surface area contributed by atoms with Gasteiger partial charge in [-0.1, -0.05) is 60.7 Å². The molecule has 2 N–H and O–H groups in total. The summed E-state index contributed by atoms with van der Waals surface area (Å²) >= 11 is 0. The van der Waals surface area contributed by atoms with E-state index in [4.69, 9.17) is 4.74 Å². The van der Waals surface area contributed by atoms with E-state index < -0.39 is 0 Å². The van der Waals surface area contributed by atoms with E-state index in [9.17, 15) is 5.11 Å². The molecular formula is C18H23NO2. The van der Waals surface area contributed by atoms with Gasteiger partial charge in [0, 0.05) is 7.11 Å². The van der Waals surface area contributed by atoms with Crippen molar-refractivity contribution in [1.29, 1.82) is 0 Å². The predicted octanol–water partition coefficient (Wildman–Crippen LogP) is 2.87. The minimum atomic E-state index is -0.362. The predicted molar refractivity (Wildman–Crippen MR) is 85.1 cm³/mol. The number of nitrogens with one attached hydrogen (secondary N) is 1. The van der Waals surface area contributed by atoms with Crippen molar-refractivity contribution in [3.63, 3.8) is 0 Å². The number of benzene rings is 2. The summed E-state index contributed by atoms with van der Waals surface area (Å²) in [4.78, 5) is 0.